The molecule has 0 bridgehead atoms. The molecule has 0 unspecified atom stereocenters. The fourth-order valence-corrected chi connectivity index (χ4v) is 5.81. The number of nitrogens with zero attached hydrogens (tertiary/aromatic N) is 2. The fourth-order valence-electron chi connectivity index (χ4n) is 3.82. The van der Waals surface area contributed by atoms with E-state index in [1.807, 2.05) is 29.0 Å². The molecule has 9 nitrogen and oxygen atoms in total. The molecule has 2 aliphatic rings. The van der Waals surface area contributed by atoms with Crippen LogP contribution in [0.3, 0.4) is 0 Å². The number of aryl methyl sites for hydroxylation is 1. The molecule has 2 fully saturated rings. The third-order valence-corrected chi connectivity index (χ3v) is 8.17. The quantitative estimate of drug-likeness (QED) is 0.433. The van der Waals surface area contributed by atoms with Crippen LogP contribution in [-0.4, -0.2) is 31.9 Å². The summed E-state index contributed by atoms with van der Waals surface area (Å²) in [6.45, 7) is 2.33. The summed E-state index contributed by atoms with van der Waals surface area (Å²) < 4.78 is 32.8. The molecule has 0 aliphatic carbocycles. The number of hydrogen-bond donors (Lipinski definition) is 2. The molecule has 2 aliphatic heterocycles. The lowest BCUT2D eigenvalue weighted by Gasteiger charge is -2.14. The van der Waals surface area contributed by atoms with Crippen LogP contribution in [0.15, 0.2) is 82.7 Å². The maximum absolute atomic E-state index is 12.5. The first kappa shape index (κ1) is 25.6. The second-order valence-electron chi connectivity index (χ2n) is 8.56. The summed E-state index contributed by atoms with van der Waals surface area (Å²) >= 11 is 1.21. The zero-order valence-corrected chi connectivity index (χ0v) is 22.0. The second kappa shape index (κ2) is 10.7. The lowest BCUT2D eigenvalue weighted by atomic mass is 10.1. The monoisotopic (exact) mass is 548 g/mol. The number of ether oxygens (including phenoxy) is 1. The normalized spacial score (nSPS) is 18.6. The van der Waals surface area contributed by atoms with E-state index in [9.17, 15) is 18.0 Å². The summed E-state index contributed by atoms with van der Waals surface area (Å²) in [5.41, 5.74) is 4.11. The highest BCUT2D eigenvalue weighted by atomic mass is 32.2. The van der Waals surface area contributed by atoms with Gasteiger partial charge in [0.05, 0.1) is 16.3 Å². The zero-order valence-electron chi connectivity index (χ0n) is 20.4. The van der Waals surface area contributed by atoms with Crippen molar-refractivity contribution in [3.05, 3.63) is 94.4 Å². The first-order chi connectivity index (χ1) is 18.3. The molecule has 0 spiro atoms. The van der Waals surface area contributed by atoms with E-state index in [0.29, 0.717) is 28.1 Å². The number of amidine groups is 1. The van der Waals surface area contributed by atoms with Gasteiger partial charge in [-0.1, -0.05) is 43.3 Å². The molecule has 11 heteroatoms. The lowest BCUT2D eigenvalue weighted by molar-refractivity contribution is -0.117. The Balaban J connectivity index is 1.20. The van der Waals surface area contributed by atoms with Crippen molar-refractivity contribution >= 4 is 56.4 Å². The molecule has 3 aromatic rings. The molecule has 2 saturated heterocycles. The first-order valence-electron chi connectivity index (χ1n) is 11.8. The molecule has 5 rings (SSSR count). The summed E-state index contributed by atoms with van der Waals surface area (Å²) in [6.07, 6.45) is 2.78. The zero-order chi connectivity index (χ0) is 26.7. The fraction of sp³-hybridized carbons (Fsp3) is 0.148. The van der Waals surface area contributed by atoms with Gasteiger partial charge in [0.2, 0.25) is 0 Å². The van der Waals surface area contributed by atoms with E-state index in [4.69, 9.17) is 4.74 Å². The average Bonchev–Trinajstić information content (AvgIpc) is 3.39. The lowest BCUT2D eigenvalue weighted by Crippen LogP contribution is -2.29. The Hall–Kier alpha value is -4.09. The summed E-state index contributed by atoms with van der Waals surface area (Å²) in [5.74, 6) is -0.102. The van der Waals surface area contributed by atoms with E-state index >= 15 is 0 Å². The molecule has 0 atom stereocenters. The minimum Gasteiger partial charge on any atom is -0.489 e. The van der Waals surface area contributed by atoms with Gasteiger partial charge in [0.25, 0.3) is 11.8 Å². The number of carbonyl (C=O) groups is 2. The Bertz CT molecular complexity index is 1530. The van der Waals surface area contributed by atoms with Crippen molar-refractivity contribution in [1.29, 1.82) is 0 Å². The Labute approximate surface area is 224 Å². The van der Waals surface area contributed by atoms with Crippen molar-refractivity contribution in [3.8, 4) is 5.75 Å². The number of carbonyl (C=O) groups excluding carboxylic acids is 2. The average molecular weight is 549 g/mol. The summed E-state index contributed by atoms with van der Waals surface area (Å²) in [7, 11) is -3.87. The predicted molar refractivity (Wildman–Crippen MR) is 148 cm³/mol. The maximum Gasteiger partial charge on any atom is 0.326 e. The molecule has 194 valence electrons. The van der Waals surface area contributed by atoms with Crippen LogP contribution in [0.1, 0.15) is 23.6 Å². The predicted octanol–water partition coefficient (Wildman–Crippen LogP) is 3.90. The third kappa shape index (κ3) is 5.90. The van der Waals surface area contributed by atoms with Crippen LogP contribution in [0, 0.1) is 0 Å². The molecular weight excluding hydrogens is 524 g/mol. The van der Waals surface area contributed by atoms with E-state index in [1.165, 1.54) is 17.3 Å². The number of thioether (sulfide) groups is 1. The van der Waals surface area contributed by atoms with Crippen molar-refractivity contribution < 1.29 is 22.7 Å². The van der Waals surface area contributed by atoms with Gasteiger partial charge < -0.3 is 10.1 Å². The Morgan fingerprint density at radius 2 is 1.66 bits per heavy atom. The second-order valence-corrected chi connectivity index (χ2v) is 11.2. The Kier molecular flexibility index (Phi) is 7.21. The smallest absolute Gasteiger partial charge is 0.326 e. The van der Waals surface area contributed by atoms with Crippen molar-refractivity contribution in [3.63, 3.8) is 0 Å². The van der Waals surface area contributed by atoms with Gasteiger partial charge in [0.15, 0.2) is 5.17 Å². The molecular formula is C27H24N4O5S2. The summed E-state index contributed by atoms with van der Waals surface area (Å²) in [6, 6.07) is 22.2. The van der Waals surface area contributed by atoms with E-state index in [1.54, 1.807) is 30.3 Å². The van der Waals surface area contributed by atoms with Crippen LogP contribution in [0.25, 0.3) is 6.08 Å². The van der Waals surface area contributed by atoms with Crippen LogP contribution in [0.2, 0.25) is 0 Å². The van der Waals surface area contributed by atoms with Crippen molar-refractivity contribution in [1.82, 2.24) is 10.0 Å². The van der Waals surface area contributed by atoms with Crippen LogP contribution >= 0.6 is 11.8 Å². The van der Waals surface area contributed by atoms with Crippen LogP contribution in [0.4, 0.5) is 11.4 Å². The van der Waals surface area contributed by atoms with E-state index in [2.05, 4.69) is 41.5 Å². The highest BCUT2D eigenvalue weighted by Crippen LogP contribution is 2.30. The molecule has 2 heterocycles. The van der Waals surface area contributed by atoms with Crippen molar-refractivity contribution in [2.75, 3.05) is 10.8 Å². The van der Waals surface area contributed by atoms with Gasteiger partial charge in [0.1, 0.15) is 18.9 Å². The molecule has 0 radical (unpaired) electrons. The first-order valence-corrected chi connectivity index (χ1v) is 14.1. The number of rotatable bonds is 7. The molecule has 0 saturated carbocycles. The van der Waals surface area contributed by atoms with Crippen LogP contribution in [0.5, 0.6) is 5.75 Å². The molecule has 38 heavy (non-hydrogen) atoms. The Morgan fingerprint density at radius 3 is 2.29 bits per heavy atom. The summed E-state index contributed by atoms with van der Waals surface area (Å²) in [4.78, 5) is 28.8. The molecule has 3 aromatic carbocycles. The minimum absolute atomic E-state index is 0.256. The topological polar surface area (TPSA) is 117 Å². The third-order valence-electron chi connectivity index (χ3n) is 5.85. The van der Waals surface area contributed by atoms with Gasteiger partial charge in [-0.05, 0) is 77.3 Å². The van der Waals surface area contributed by atoms with Gasteiger partial charge in [-0.25, -0.2) is 14.0 Å². The number of aliphatic imine (C=N–C) groups is 1. The largest absolute Gasteiger partial charge is 0.489 e. The van der Waals surface area contributed by atoms with Gasteiger partial charge in [-0.3, -0.25) is 9.59 Å². The number of benzene rings is 3. The molecule has 2 N–H and O–H groups in total. The minimum atomic E-state index is -3.87. The van der Waals surface area contributed by atoms with Crippen molar-refractivity contribution in [2.45, 2.75) is 20.0 Å². The van der Waals surface area contributed by atoms with Crippen LogP contribution < -0.4 is 19.1 Å². The SMILES string of the molecule is CCc1ccc(COc2ccc(/C=C3\SC(=Nc4ccc(N5CC(=O)NS5(=O)=O)cc4)NC3=O)cc2)cc1. The number of hydrogen-bond acceptors (Lipinski definition) is 7. The number of nitrogens with one attached hydrogen (secondary N) is 2. The van der Waals surface area contributed by atoms with Crippen LogP contribution in [-0.2, 0) is 32.8 Å². The number of anilines is 1. The van der Waals surface area contributed by atoms with E-state index in [0.717, 1.165) is 27.6 Å². The van der Waals surface area contributed by atoms with Gasteiger partial charge in [-0.15, -0.1) is 0 Å². The van der Waals surface area contributed by atoms with Gasteiger partial charge in [-0.2, -0.15) is 8.42 Å². The molecule has 2 amide bonds. The number of amides is 2. The highest BCUT2D eigenvalue weighted by molar-refractivity contribution is 8.18. The van der Waals surface area contributed by atoms with Gasteiger partial charge in [0, 0.05) is 0 Å². The Morgan fingerprint density at radius 1 is 0.974 bits per heavy atom. The standard InChI is InChI=1S/C27H24N4O5S2/c1-2-18-3-5-20(6-4-18)17-36-23-13-7-19(8-14-23)15-24-26(33)29-27(37-24)28-21-9-11-22(12-10-21)31-16-25(32)30-38(31,34)35/h3-15H,2,16-17H2,1H3,(H,30,32)(H,28,29,33)/b24-15-. The maximum atomic E-state index is 12.5. The highest BCUT2D eigenvalue weighted by Gasteiger charge is 2.33. The van der Waals surface area contributed by atoms with E-state index < -0.39 is 16.1 Å². The molecule has 0 aromatic heterocycles. The van der Waals surface area contributed by atoms with Crippen molar-refractivity contribution in [2.24, 2.45) is 4.99 Å². The van der Waals surface area contributed by atoms with E-state index in [-0.39, 0.29) is 12.5 Å². The van der Waals surface area contributed by atoms with Gasteiger partial charge >= 0.3 is 10.2 Å². The summed E-state index contributed by atoms with van der Waals surface area (Å²) in [5, 5.41) is 3.15.